The van der Waals surface area contributed by atoms with Gasteiger partial charge in [-0.15, -0.1) is 0 Å². The van der Waals surface area contributed by atoms with Crippen LogP contribution in [0.5, 0.6) is 0 Å². The van der Waals surface area contributed by atoms with Crippen molar-refractivity contribution in [3.63, 3.8) is 0 Å². The largest absolute Gasteiger partial charge is 0.423 e. The van der Waals surface area contributed by atoms with E-state index in [0.29, 0.717) is 5.92 Å². The van der Waals surface area contributed by atoms with E-state index in [-0.39, 0.29) is 6.04 Å². The Balaban J connectivity index is 1.61. The van der Waals surface area contributed by atoms with E-state index >= 15 is 0 Å². The van der Waals surface area contributed by atoms with Crippen molar-refractivity contribution in [3.05, 3.63) is 82.9 Å². The van der Waals surface area contributed by atoms with E-state index in [4.69, 9.17) is 9.40 Å². The molecule has 1 saturated heterocycles. The molecule has 0 bridgehead atoms. The van der Waals surface area contributed by atoms with Gasteiger partial charge in [0.25, 0.3) is 0 Å². The summed E-state index contributed by atoms with van der Waals surface area (Å²) >= 11 is 0. The summed E-state index contributed by atoms with van der Waals surface area (Å²) in [6.07, 6.45) is 5.63. The fourth-order valence-electron chi connectivity index (χ4n) is 4.44. The van der Waals surface area contributed by atoms with E-state index in [9.17, 15) is 0 Å². The molecule has 0 saturated carbocycles. The van der Waals surface area contributed by atoms with Crippen molar-refractivity contribution in [3.8, 4) is 0 Å². The number of hydrogen-bond acceptors (Lipinski definition) is 4. The van der Waals surface area contributed by atoms with E-state index < -0.39 is 0 Å². The Morgan fingerprint density at radius 1 is 0.969 bits per heavy atom. The second-order valence-corrected chi connectivity index (χ2v) is 9.24. The van der Waals surface area contributed by atoms with Gasteiger partial charge in [0, 0.05) is 26.1 Å². The van der Waals surface area contributed by atoms with E-state index in [1.807, 2.05) is 0 Å². The van der Waals surface area contributed by atoms with Crippen LogP contribution in [0, 0.1) is 12.8 Å². The third-order valence-electron chi connectivity index (χ3n) is 6.68. The van der Waals surface area contributed by atoms with E-state index in [0.717, 1.165) is 49.9 Å². The van der Waals surface area contributed by atoms with Gasteiger partial charge in [-0.25, -0.2) is 4.98 Å². The minimum atomic E-state index is 0.0920. The SMILES string of the molecule is CCC(C)C(NCc1ccc(C)cc1)c1nc(Cc2ccccc2)c(N2CCCCC2)o1. The molecule has 32 heavy (non-hydrogen) atoms. The molecule has 0 radical (unpaired) electrons. The minimum absolute atomic E-state index is 0.0920. The summed E-state index contributed by atoms with van der Waals surface area (Å²) in [6, 6.07) is 19.5. The normalized spacial score (nSPS) is 16.2. The van der Waals surface area contributed by atoms with Crippen molar-refractivity contribution in [1.29, 1.82) is 0 Å². The average molecular weight is 432 g/mol. The Labute approximate surface area is 193 Å². The van der Waals surface area contributed by atoms with Crippen molar-refractivity contribution in [2.75, 3.05) is 18.0 Å². The van der Waals surface area contributed by atoms with Gasteiger partial charge < -0.3 is 14.6 Å². The van der Waals surface area contributed by atoms with Gasteiger partial charge in [0.05, 0.1) is 6.04 Å². The molecular formula is C28H37N3O. The summed E-state index contributed by atoms with van der Waals surface area (Å²) in [5.41, 5.74) is 4.92. The third kappa shape index (κ3) is 5.60. The van der Waals surface area contributed by atoms with E-state index in [1.54, 1.807) is 0 Å². The Morgan fingerprint density at radius 3 is 2.38 bits per heavy atom. The first kappa shape index (κ1) is 22.6. The summed E-state index contributed by atoms with van der Waals surface area (Å²) in [4.78, 5) is 7.51. The molecule has 1 N–H and O–H groups in total. The lowest BCUT2D eigenvalue weighted by molar-refractivity contribution is 0.306. The standard InChI is InChI=1S/C28H37N3O/c1-4-22(3)26(29-20-24-15-13-21(2)14-16-24)27-30-25(19-23-11-7-5-8-12-23)28(32-27)31-17-9-6-10-18-31/h5,7-8,11-16,22,26,29H,4,6,9-10,17-20H2,1-3H3. The lowest BCUT2D eigenvalue weighted by Crippen LogP contribution is -2.30. The second kappa shape index (κ2) is 10.8. The minimum Gasteiger partial charge on any atom is -0.423 e. The molecule has 0 spiro atoms. The highest BCUT2D eigenvalue weighted by atomic mass is 16.4. The molecule has 1 aromatic heterocycles. The van der Waals surface area contributed by atoms with E-state index in [2.05, 4.69) is 85.6 Å². The topological polar surface area (TPSA) is 41.3 Å². The van der Waals surface area contributed by atoms with Crippen LogP contribution in [0.15, 0.2) is 59.0 Å². The molecular weight excluding hydrogens is 394 g/mol. The Morgan fingerprint density at radius 2 is 1.69 bits per heavy atom. The maximum absolute atomic E-state index is 6.57. The first-order chi connectivity index (χ1) is 15.6. The molecule has 1 fully saturated rings. The third-order valence-corrected chi connectivity index (χ3v) is 6.68. The number of rotatable bonds is 9. The van der Waals surface area contributed by atoms with Gasteiger partial charge in [-0.1, -0.05) is 80.4 Å². The summed E-state index contributed by atoms with van der Waals surface area (Å²) < 4.78 is 6.57. The van der Waals surface area contributed by atoms with Crippen LogP contribution >= 0.6 is 0 Å². The van der Waals surface area contributed by atoms with Crippen molar-refractivity contribution in [2.24, 2.45) is 5.92 Å². The summed E-state index contributed by atoms with van der Waals surface area (Å²) in [7, 11) is 0. The number of benzene rings is 2. The molecule has 2 heterocycles. The highest BCUT2D eigenvalue weighted by Gasteiger charge is 2.28. The fraction of sp³-hybridized carbons (Fsp3) is 0.464. The highest BCUT2D eigenvalue weighted by Crippen LogP contribution is 2.33. The number of oxazole rings is 1. The van der Waals surface area contributed by atoms with Crippen LogP contribution < -0.4 is 10.2 Å². The van der Waals surface area contributed by atoms with Crippen molar-refractivity contribution in [1.82, 2.24) is 10.3 Å². The summed E-state index contributed by atoms with van der Waals surface area (Å²) in [5.74, 6) is 2.24. The number of nitrogens with zero attached hydrogens (tertiary/aromatic N) is 2. The number of piperidine rings is 1. The van der Waals surface area contributed by atoms with Crippen LogP contribution in [0.4, 0.5) is 5.88 Å². The molecule has 3 aromatic rings. The van der Waals surface area contributed by atoms with Crippen molar-refractivity contribution < 1.29 is 4.42 Å². The molecule has 4 nitrogen and oxygen atoms in total. The molecule has 170 valence electrons. The van der Waals surface area contributed by atoms with Crippen molar-refractivity contribution in [2.45, 2.75) is 65.5 Å². The lowest BCUT2D eigenvalue weighted by Gasteiger charge is -2.27. The smallest absolute Gasteiger partial charge is 0.219 e. The van der Waals surface area contributed by atoms with Crippen LogP contribution in [-0.2, 0) is 13.0 Å². The number of nitrogens with one attached hydrogen (secondary N) is 1. The van der Waals surface area contributed by atoms with E-state index in [1.165, 1.54) is 36.0 Å². The van der Waals surface area contributed by atoms with Crippen LogP contribution in [0.3, 0.4) is 0 Å². The molecule has 4 heteroatoms. The Kier molecular flexibility index (Phi) is 7.64. The fourth-order valence-corrected chi connectivity index (χ4v) is 4.44. The number of hydrogen-bond donors (Lipinski definition) is 1. The van der Waals surface area contributed by atoms with Gasteiger partial charge in [0.1, 0.15) is 5.69 Å². The van der Waals surface area contributed by atoms with Gasteiger partial charge in [0.15, 0.2) is 0 Å². The van der Waals surface area contributed by atoms with Gasteiger partial charge in [0.2, 0.25) is 11.8 Å². The molecule has 2 atom stereocenters. The lowest BCUT2D eigenvalue weighted by atomic mass is 9.98. The number of aromatic nitrogens is 1. The molecule has 2 unspecified atom stereocenters. The quantitative estimate of drug-likeness (QED) is 0.423. The molecule has 2 aromatic carbocycles. The molecule has 0 amide bonds. The predicted octanol–water partition coefficient (Wildman–Crippen LogP) is 6.44. The summed E-state index contributed by atoms with van der Waals surface area (Å²) in [5, 5.41) is 3.76. The molecule has 1 aliphatic heterocycles. The molecule has 1 aliphatic rings. The van der Waals surface area contributed by atoms with Gasteiger partial charge in [-0.3, -0.25) is 0 Å². The number of aryl methyl sites for hydroxylation is 1. The highest BCUT2D eigenvalue weighted by molar-refractivity contribution is 5.44. The monoisotopic (exact) mass is 431 g/mol. The predicted molar refractivity (Wildman–Crippen MR) is 132 cm³/mol. The Bertz CT molecular complexity index is 958. The zero-order chi connectivity index (χ0) is 22.3. The maximum Gasteiger partial charge on any atom is 0.219 e. The first-order valence-electron chi connectivity index (χ1n) is 12.2. The zero-order valence-electron chi connectivity index (χ0n) is 19.8. The first-order valence-corrected chi connectivity index (χ1v) is 12.2. The number of anilines is 1. The Hall–Kier alpha value is -2.59. The van der Waals surface area contributed by atoms with Crippen LogP contribution in [0.1, 0.15) is 73.8 Å². The zero-order valence-corrected chi connectivity index (χ0v) is 19.8. The van der Waals surface area contributed by atoms with Gasteiger partial charge >= 0.3 is 0 Å². The molecule has 0 aliphatic carbocycles. The van der Waals surface area contributed by atoms with Crippen LogP contribution in [0.2, 0.25) is 0 Å². The average Bonchev–Trinajstić information content (AvgIpc) is 3.24. The molecule has 4 rings (SSSR count). The van der Waals surface area contributed by atoms with Crippen LogP contribution in [-0.4, -0.2) is 18.1 Å². The van der Waals surface area contributed by atoms with Crippen LogP contribution in [0.25, 0.3) is 0 Å². The maximum atomic E-state index is 6.57. The van der Waals surface area contributed by atoms with Gasteiger partial charge in [-0.05, 0) is 43.2 Å². The summed E-state index contributed by atoms with van der Waals surface area (Å²) in [6.45, 7) is 9.58. The van der Waals surface area contributed by atoms with Crippen molar-refractivity contribution >= 4 is 5.88 Å². The second-order valence-electron chi connectivity index (χ2n) is 9.24. The van der Waals surface area contributed by atoms with Gasteiger partial charge in [-0.2, -0.15) is 0 Å².